The molecule has 5 nitrogen and oxygen atoms in total. The van der Waals surface area contributed by atoms with Crippen LogP contribution in [-0.2, 0) is 26.5 Å². The van der Waals surface area contributed by atoms with E-state index in [1.807, 2.05) is 24.4 Å². The van der Waals surface area contributed by atoms with Crippen LogP contribution in [0.5, 0.6) is 11.5 Å². The van der Waals surface area contributed by atoms with Crippen LogP contribution in [0.3, 0.4) is 0 Å². The van der Waals surface area contributed by atoms with Gasteiger partial charge in [-0.25, -0.2) is 4.98 Å². The van der Waals surface area contributed by atoms with Gasteiger partial charge in [0.15, 0.2) is 0 Å². The van der Waals surface area contributed by atoms with Crippen molar-refractivity contribution in [2.75, 3.05) is 9.80 Å². The quantitative estimate of drug-likeness (QED) is 0.164. The van der Waals surface area contributed by atoms with E-state index in [1.165, 1.54) is 41.6 Å². The smallest absolute Gasteiger partial charge is 0.135 e. The number of aromatic nitrogens is 2. The molecule has 3 aliphatic carbocycles. The Balaban J connectivity index is 0.00000300. The molecule has 1 aliphatic heterocycles. The molecule has 6 heteroatoms. The van der Waals surface area contributed by atoms with E-state index >= 15 is 0 Å². The number of fused-ring (bicyclic) bond motifs is 4. The second kappa shape index (κ2) is 10.2. The van der Waals surface area contributed by atoms with Gasteiger partial charge in [0.1, 0.15) is 5.82 Å². The second-order valence-corrected chi connectivity index (χ2v) is 13.6. The van der Waals surface area contributed by atoms with Crippen molar-refractivity contribution < 1.29 is 25.8 Å². The molecule has 0 amide bonds. The zero-order valence-electron chi connectivity index (χ0n) is 25.5. The van der Waals surface area contributed by atoms with E-state index in [1.54, 1.807) is 0 Å². The van der Waals surface area contributed by atoms with Crippen molar-refractivity contribution in [3.8, 4) is 17.3 Å². The van der Waals surface area contributed by atoms with Gasteiger partial charge in [-0.2, -0.15) is 18.8 Å². The van der Waals surface area contributed by atoms with Gasteiger partial charge in [0, 0.05) is 61.2 Å². The van der Waals surface area contributed by atoms with Gasteiger partial charge in [0.05, 0.1) is 0 Å². The third-order valence-electron chi connectivity index (χ3n) is 9.78. The zero-order valence-corrected chi connectivity index (χ0v) is 27.8. The van der Waals surface area contributed by atoms with Gasteiger partial charge in [-0.3, -0.25) is 0 Å². The van der Waals surface area contributed by atoms with Crippen molar-refractivity contribution in [2.45, 2.75) is 51.0 Å². The first-order valence-corrected chi connectivity index (χ1v) is 15.5. The first kappa shape index (κ1) is 28.4. The molecule has 3 fully saturated rings. The van der Waals surface area contributed by atoms with Crippen LogP contribution in [0, 0.1) is 24.7 Å². The number of benzene rings is 4. The second-order valence-electron chi connectivity index (χ2n) is 13.6. The summed E-state index contributed by atoms with van der Waals surface area (Å²) in [5.74, 6) is 3.09. The van der Waals surface area contributed by atoms with Crippen LogP contribution in [0.1, 0.15) is 45.6 Å². The van der Waals surface area contributed by atoms with Crippen molar-refractivity contribution in [1.29, 1.82) is 0 Å². The predicted octanol–water partition coefficient (Wildman–Crippen LogP) is 9.50. The third kappa shape index (κ3) is 4.42. The number of hydrogen-bond acceptors (Lipinski definition) is 4. The minimum Gasteiger partial charge on any atom is -0.509 e. The average molecular weight is 769 g/mol. The van der Waals surface area contributed by atoms with Crippen LogP contribution in [0.25, 0.3) is 27.6 Å². The van der Waals surface area contributed by atoms with E-state index in [0.717, 1.165) is 33.8 Å². The van der Waals surface area contributed by atoms with Crippen LogP contribution in [0.4, 0.5) is 17.1 Å². The summed E-state index contributed by atoms with van der Waals surface area (Å²) >= 11 is 0. The van der Waals surface area contributed by atoms with Crippen LogP contribution < -0.4 is 14.5 Å². The molecule has 2 aromatic heterocycles. The topological polar surface area (TPSA) is 33.5 Å². The van der Waals surface area contributed by atoms with Crippen LogP contribution >= 0.6 is 0 Å². The first-order chi connectivity index (χ1) is 21.4. The third-order valence-corrected chi connectivity index (χ3v) is 9.78. The summed E-state index contributed by atoms with van der Waals surface area (Å²) in [4.78, 5) is 9.56. The fraction of sp³-hybridized carbons (Fsp3) is 0.231. The molecule has 4 aliphatic rings. The van der Waals surface area contributed by atoms with Crippen molar-refractivity contribution in [1.82, 2.24) is 9.55 Å². The summed E-state index contributed by atoms with van der Waals surface area (Å²) in [6.07, 6.45) is 5.79. The standard InChI is InChI=1S/C39H33N4O.Pt/c1-38(2,3)27-17-18-40-37(19-27)43-33-12-5-4-11-31(33)32-16-15-30(21-36(32)43)44-29-10-8-9-28(20-29)41-25-42(39-22-26(23-39)24-39)35-14-7-6-13-34(35)41;/h4-19,25-26H,22-24H2,1-3H3;/q-3;. The minimum absolute atomic E-state index is 0. The summed E-state index contributed by atoms with van der Waals surface area (Å²) in [6, 6.07) is 38.8. The first-order valence-electron chi connectivity index (χ1n) is 15.5. The van der Waals surface area contributed by atoms with Gasteiger partial charge in [0.2, 0.25) is 0 Å². The summed E-state index contributed by atoms with van der Waals surface area (Å²) in [5, 5.41) is 2.28. The molecular weight excluding hydrogens is 736 g/mol. The summed E-state index contributed by atoms with van der Waals surface area (Å²) < 4.78 is 8.67. The van der Waals surface area contributed by atoms with Crippen molar-refractivity contribution in [3.63, 3.8) is 0 Å². The van der Waals surface area contributed by atoms with E-state index in [2.05, 4.69) is 127 Å². The normalized spacial score (nSPS) is 20.0. The maximum atomic E-state index is 6.47. The Kier molecular flexibility index (Phi) is 6.45. The molecule has 4 aromatic carbocycles. The Bertz CT molecular complexity index is 2080. The fourth-order valence-corrected chi connectivity index (χ4v) is 7.34. The number of nitrogens with zero attached hydrogens (tertiary/aromatic N) is 4. The summed E-state index contributed by atoms with van der Waals surface area (Å²) in [7, 11) is 0. The van der Waals surface area contributed by atoms with E-state index < -0.39 is 0 Å². The van der Waals surface area contributed by atoms with Crippen LogP contribution in [-0.4, -0.2) is 15.1 Å². The van der Waals surface area contributed by atoms with Crippen LogP contribution in [0.2, 0.25) is 0 Å². The van der Waals surface area contributed by atoms with Gasteiger partial charge in [-0.15, -0.1) is 41.4 Å². The predicted molar refractivity (Wildman–Crippen MR) is 177 cm³/mol. The largest absolute Gasteiger partial charge is 0.509 e. The minimum atomic E-state index is 0. The van der Waals surface area contributed by atoms with Gasteiger partial charge in [-0.05, 0) is 71.9 Å². The van der Waals surface area contributed by atoms with Gasteiger partial charge in [-0.1, -0.05) is 56.6 Å². The molecule has 0 spiro atoms. The Morgan fingerprint density at radius 3 is 2.36 bits per heavy atom. The molecule has 2 bridgehead atoms. The number of anilines is 3. The monoisotopic (exact) mass is 768 g/mol. The number of para-hydroxylation sites is 3. The number of pyridine rings is 1. The Hall–Kier alpha value is -4.08. The Morgan fingerprint density at radius 1 is 0.822 bits per heavy atom. The molecular formula is C39H33N4OPt-3. The van der Waals surface area contributed by atoms with Crippen molar-refractivity contribution in [2.24, 2.45) is 5.92 Å². The molecule has 0 saturated heterocycles. The van der Waals surface area contributed by atoms with E-state index in [9.17, 15) is 0 Å². The molecule has 10 rings (SSSR count). The van der Waals surface area contributed by atoms with Crippen LogP contribution in [0.15, 0.2) is 97.2 Å². The maximum absolute atomic E-state index is 6.47. The fourth-order valence-electron chi connectivity index (χ4n) is 7.34. The molecule has 45 heavy (non-hydrogen) atoms. The Labute approximate surface area is 278 Å². The number of rotatable bonds is 5. The molecule has 0 N–H and O–H groups in total. The number of ether oxygens (including phenoxy) is 1. The molecule has 0 radical (unpaired) electrons. The van der Waals surface area contributed by atoms with E-state index in [4.69, 9.17) is 9.72 Å². The zero-order chi connectivity index (χ0) is 29.6. The molecule has 0 unspecified atom stereocenters. The van der Waals surface area contributed by atoms with Crippen molar-refractivity contribution >= 4 is 38.9 Å². The van der Waals surface area contributed by atoms with E-state index in [-0.39, 0.29) is 26.5 Å². The molecule has 0 atom stereocenters. The van der Waals surface area contributed by atoms with Crippen molar-refractivity contribution in [3.05, 3.63) is 122 Å². The summed E-state index contributed by atoms with van der Waals surface area (Å²) in [5.41, 5.74) is 7.01. The molecule has 6 aromatic rings. The summed E-state index contributed by atoms with van der Waals surface area (Å²) in [6.45, 7) is 8.95. The molecule has 228 valence electrons. The van der Waals surface area contributed by atoms with Gasteiger partial charge < -0.3 is 19.1 Å². The SMILES string of the molecule is CC(C)(C)c1ccnc(-n2c3[c-]c(Oc4[c-]c(N5[CH-]N(C67CC(C6)C7)c6ccccc65)ccc4)ccc3c3ccccc32)c1.[Pt]. The maximum Gasteiger partial charge on any atom is 0.135 e. The molecule has 3 heterocycles. The van der Waals surface area contributed by atoms with Gasteiger partial charge >= 0.3 is 0 Å². The Morgan fingerprint density at radius 2 is 1.58 bits per heavy atom. The average Bonchev–Trinajstić information content (AvgIpc) is 3.52. The number of hydrogen-bond donors (Lipinski definition) is 0. The van der Waals surface area contributed by atoms with Gasteiger partial charge in [0.25, 0.3) is 0 Å². The van der Waals surface area contributed by atoms with E-state index in [0.29, 0.717) is 17.0 Å². The molecule has 3 saturated carbocycles.